The minimum Gasteiger partial charge on any atom is -0.352 e. The van der Waals surface area contributed by atoms with E-state index < -0.39 is 16.1 Å². The molecule has 0 saturated carbocycles. The van der Waals surface area contributed by atoms with Crippen LogP contribution in [0.1, 0.15) is 63.1 Å². The first kappa shape index (κ1) is 30.6. The number of nitrogens with one attached hydrogen (secondary N) is 1. The van der Waals surface area contributed by atoms with Gasteiger partial charge in [-0.25, -0.2) is 8.42 Å². The fourth-order valence-electron chi connectivity index (χ4n) is 4.06. The van der Waals surface area contributed by atoms with E-state index in [4.69, 9.17) is 11.6 Å². The van der Waals surface area contributed by atoms with E-state index in [0.717, 1.165) is 23.1 Å². The van der Waals surface area contributed by atoms with Crippen LogP contribution in [0.2, 0.25) is 5.02 Å². The first-order chi connectivity index (χ1) is 17.4. The van der Waals surface area contributed by atoms with Gasteiger partial charge in [-0.3, -0.25) is 13.9 Å². The quantitative estimate of drug-likeness (QED) is 0.371. The van der Waals surface area contributed by atoms with Crippen molar-refractivity contribution in [1.82, 2.24) is 10.2 Å². The van der Waals surface area contributed by atoms with Crippen molar-refractivity contribution in [1.29, 1.82) is 0 Å². The molecule has 0 fully saturated rings. The van der Waals surface area contributed by atoms with E-state index in [2.05, 4.69) is 5.32 Å². The second-order valence-electron chi connectivity index (χ2n) is 9.56. The highest BCUT2D eigenvalue weighted by atomic mass is 35.5. The average molecular weight is 550 g/mol. The number of aryl methyl sites for hydroxylation is 2. The summed E-state index contributed by atoms with van der Waals surface area (Å²) < 4.78 is 26.4. The van der Waals surface area contributed by atoms with E-state index in [1.807, 2.05) is 65.0 Å². The normalized spacial score (nSPS) is 13.1. The maximum Gasteiger partial charge on any atom is 0.243 e. The summed E-state index contributed by atoms with van der Waals surface area (Å²) in [6.45, 7) is 10.0. The lowest BCUT2D eigenvalue weighted by molar-refractivity contribution is -0.141. The molecule has 0 bridgehead atoms. The van der Waals surface area contributed by atoms with Gasteiger partial charge in [0.2, 0.25) is 21.8 Å². The van der Waals surface area contributed by atoms with Gasteiger partial charge in [0, 0.05) is 30.6 Å². The molecule has 0 heterocycles. The lowest BCUT2D eigenvalue weighted by atomic mass is 10.1. The number of amides is 2. The van der Waals surface area contributed by atoms with Crippen molar-refractivity contribution in [3.63, 3.8) is 0 Å². The molecule has 2 atom stereocenters. The molecule has 2 amide bonds. The number of carbonyl (C=O) groups excluding carboxylic acids is 2. The Hall–Kier alpha value is -2.58. The molecule has 2 rings (SSSR count). The predicted octanol–water partition coefficient (Wildman–Crippen LogP) is 5.23. The molecule has 0 saturated heterocycles. The number of halogens is 1. The van der Waals surface area contributed by atoms with E-state index >= 15 is 0 Å². The molecule has 1 N–H and O–H groups in total. The highest BCUT2D eigenvalue weighted by molar-refractivity contribution is 7.92. The smallest absolute Gasteiger partial charge is 0.243 e. The van der Waals surface area contributed by atoms with Gasteiger partial charge in [-0.1, -0.05) is 49.7 Å². The summed E-state index contributed by atoms with van der Waals surface area (Å²) in [6, 6.07) is 12.1. The van der Waals surface area contributed by atoms with E-state index in [0.29, 0.717) is 23.6 Å². The fraction of sp³-hybridized carbons (Fsp3) is 0.500. The molecule has 204 valence electrons. The Bertz CT molecular complexity index is 1190. The lowest BCUT2D eigenvalue weighted by Crippen LogP contribution is -2.50. The van der Waals surface area contributed by atoms with E-state index in [1.165, 1.54) is 10.6 Å². The largest absolute Gasteiger partial charge is 0.352 e. The topological polar surface area (TPSA) is 86.8 Å². The van der Waals surface area contributed by atoms with Crippen molar-refractivity contribution in [3.05, 3.63) is 64.2 Å². The number of anilines is 1. The monoisotopic (exact) mass is 549 g/mol. The molecule has 0 spiro atoms. The van der Waals surface area contributed by atoms with Crippen LogP contribution in [0.3, 0.4) is 0 Å². The number of nitrogens with zero attached hydrogens (tertiary/aromatic N) is 2. The Labute approximate surface area is 227 Å². The maximum atomic E-state index is 13.5. The van der Waals surface area contributed by atoms with Gasteiger partial charge in [0.25, 0.3) is 0 Å². The first-order valence-electron chi connectivity index (χ1n) is 12.8. The molecule has 9 heteroatoms. The van der Waals surface area contributed by atoms with Gasteiger partial charge in [0.15, 0.2) is 0 Å². The van der Waals surface area contributed by atoms with Gasteiger partial charge in [0.05, 0.1) is 11.9 Å². The Kier molecular flexibility index (Phi) is 11.4. The van der Waals surface area contributed by atoms with Crippen LogP contribution in [-0.4, -0.2) is 50.0 Å². The van der Waals surface area contributed by atoms with Crippen molar-refractivity contribution < 1.29 is 18.0 Å². The summed E-state index contributed by atoms with van der Waals surface area (Å²) in [7, 11) is -3.54. The molecule has 0 aliphatic heterocycles. The molecule has 0 aliphatic carbocycles. The molecule has 7 nitrogen and oxygen atoms in total. The van der Waals surface area contributed by atoms with Crippen LogP contribution in [0.25, 0.3) is 0 Å². The Morgan fingerprint density at radius 1 is 1.03 bits per heavy atom. The van der Waals surface area contributed by atoms with Crippen molar-refractivity contribution in [2.75, 3.05) is 17.1 Å². The number of sulfonamides is 1. The van der Waals surface area contributed by atoms with Crippen molar-refractivity contribution in [2.24, 2.45) is 0 Å². The molecular formula is C28H40ClN3O4S. The zero-order valence-corrected chi connectivity index (χ0v) is 24.3. The average Bonchev–Trinajstić information content (AvgIpc) is 2.83. The zero-order valence-electron chi connectivity index (χ0n) is 22.8. The van der Waals surface area contributed by atoms with Gasteiger partial charge in [-0.15, -0.1) is 0 Å². The van der Waals surface area contributed by atoms with Gasteiger partial charge >= 0.3 is 0 Å². The Morgan fingerprint density at radius 2 is 1.70 bits per heavy atom. The van der Waals surface area contributed by atoms with Gasteiger partial charge < -0.3 is 10.2 Å². The van der Waals surface area contributed by atoms with Crippen LogP contribution in [0.4, 0.5) is 5.69 Å². The number of hydrogen-bond acceptors (Lipinski definition) is 4. The maximum absolute atomic E-state index is 13.5. The van der Waals surface area contributed by atoms with Gasteiger partial charge in [-0.2, -0.15) is 0 Å². The summed E-state index contributed by atoms with van der Waals surface area (Å²) >= 11 is 6.38. The van der Waals surface area contributed by atoms with Crippen LogP contribution in [-0.2, 0) is 26.2 Å². The lowest BCUT2D eigenvalue weighted by Gasteiger charge is -2.32. The molecule has 37 heavy (non-hydrogen) atoms. The second-order valence-corrected chi connectivity index (χ2v) is 11.9. The van der Waals surface area contributed by atoms with E-state index in [1.54, 1.807) is 17.0 Å². The molecule has 0 aliphatic rings. The summed E-state index contributed by atoms with van der Waals surface area (Å²) in [5.41, 5.74) is 3.39. The minimum absolute atomic E-state index is 0.0138. The van der Waals surface area contributed by atoms with Gasteiger partial charge in [-0.05, 0) is 74.9 Å². The first-order valence-corrected chi connectivity index (χ1v) is 15.0. The van der Waals surface area contributed by atoms with Crippen molar-refractivity contribution >= 4 is 39.1 Å². The van der Waals surface area contributed by atoms with Gasteiger partial charge in [0.1, 0.15) is 6.04 Å². The van der Waals surface area contributed by atoms with Crippen LogP contribution >= 0.6 is 11.6 Å². The molecular weight excluding hydrogens is 510 g/mol. The van der Waals surface area contributed by atoms with Crippen LogP contribution < -0.4 is 9.62 Å². The van der Waals surface area contributed by atoms with Crippen LogP contribution in [0.15, 0.2) is 42.5 Å². The molecule has 2 aromatic carbocycles. The zero-order chi connectivity index (χ0) is 27.8. The number of carbonyl (C=O) groups is 2. The predicted molar refractivity (Wildman–Crippen MR) is 151 cm³/mol. The number of hydrogen-bond donors (Lipinski definition) is 1. The fourth-order valence-corrected chi connectivity index (χ4v) is 5.21. The standard InChI is InChI=1S/C28H40ClN3O4S/c1-7-22(5)30-28(34)26(8-2)31(19-23-12-9-10-13-25(23)29)27(33)14-11-17-32(37(6,35)36)24-16-15-20(3)21(4)18-24/h9-10,12-13,15-16,18,22,26H,7-8,11,14,17,19H2,1-6H3,(H,30,34)/t22-,26+/m0/s1. The molecule has 0 unspecified atom stereocenters. The highest BCUT2D eigenvalue weighted by Gasteiger charge is 2.30. The third-order valence-corrected chi connectivity index (χ3v) is 8.18. The van der Waals surface area contributed by atoms with Crippen molar-refractivity contribution in [3.8, 4) is 0 Å². The summed E-state index contributed by atoms with van der Waals surface area (Å²) in [6.07, 6.45) is 2.78. The van der Waals surface area contributed by atoms with E-state index in [9.17, 15) is 18.0 Å². The third-order valence-electron chi connectivity index (χ3n) is 6.62. The molecule has 2 aromatic rings. The summed E-state index contributed by atoms with van der Waals surface area (Å²) in [4.78, 5) is 28.2. The van der Waals surface area contributed by atoms with Crippen molar-refractivity contribution in [2.45, 2.75) is 78.9 Å². The third kappa shape index (κ3) is 8.75. The molecule has 0 radical (unpaired) electrons. The van der Waals surface area contributed by atoms with Crippen LogP contribution in [0, 0.1) is 13.8 Å². The van der Waals surface area contributed by atoms with Crippen LogP contribution in [0.5, 0.6) is 0 Å². The summed E-state index contributed by atoms with van der Waals surface area (Å²) in [5, 5.41) is 3.51. The Balaban J connectivity index is 2.25. The summed E-state index contributed by atoms with van der Waals surface area (Å²) in [5.74, 6) is -0.426. The Morgan fingerprint density at radius 3 is 2.27 bits per heavy atom. The van der Waals surface area contributed by atoms with E-state index in [-0.39, 0.29) is 37.4 Å². The minimum atomic E-state index is -3.54. The number of rotatable bonds is 13. The highest BCUT2D eigenvalue weighted by Crippen LogP contribution is 2.23. The SMILES string of the molecule is CC[C@H](C(=O)N[C@@H](C)CC)N(Cc1ccccc1Cl)C(=O)CCCN(c1ccc(C)c(C)c1)S(C)(=O)=O. The second kappa shape index (κ2) is 13.8. The number of benzene rings is 2. The molecule has 0 aromatic heterocycles.